The number of amides is 2. The van der Waals surface area contributed by atoms with Gasteiger partial charge in [-0.25, -0.2) is 9.18 Å². The second-order valence-electron chi connectivity index (χ2n) is 4.60. The lowest BCUT2D eigenvalue weighted by molar-refractivity contribution is -0.138. The first-order valence-electron chi connectivity index (χ1n) is 6.43. The van der Waals surface area contributed by atoms with Crippen LogP contribution in [0.5, 0.6) is 0 Å². The molecule has 1 aromatic carbocycles. The summed E-state index contributed by atoms with van der Waals surface area (Å²) in [4.78, 5) is 23.8. The molecule has 1 atom stereocenters. The Hall–Kier alpha value is -2.11. The van der Waals surface area contributed by atoms with Crippen molar-refractivity contribution in [1.29, 1.82) is 0 Å². The Balaban J connectivity index is 2.55. The molecule has 0 radical (unpaired) electrons. The molecule has 5 nitrogen and oxygen atoms in total. The van der Waals surface area contributed by atoms with Crippen molar-refractivity contribution in [2.24, 2.45) is 5.92 Å². The number of carboxylic acids is 1. The van der Waals surface area contributed by atoms with E-state index >= 15 is 0 Å². The average Bonchev–Trinajstić information content (AvgIpc) is 2.41. The van der Waals surface area contributed by atoms with Gasteiger partial charge in [0.1, 0.15) is 5.82 Å². The van der Waals surface area contributed by atoms with E-state index in [4.69, 9.17) is 5.11 Å². The van der Waals surface area contributed by atoms with Gasteiger partial charge in [-0.3, -0.25) is 9.69 Å². The number of carbonyl (C=O) groups is 2. The predicted octanol–water partition coefficient (Wildman–Crippen LogP) is 2.47. The summed E-state index contributed by atoms with van der Waals surface area (Å²) in [5, 5.41) is 11.4. The zero-order valence-electron chi connectivity index (χ0n) is 11.6. The van der Waals surface area contributed by atoms with Crippen LogP contribution in [0.15, 0.2) is 24.3 Å². The quantitative estimate of drug-likeness (QED) is 0.842. The molecule has 1 rings (SSSR count). The van der Waals surface area contributed by atoms with Gasteiger partial charge in [-0.2, -0.15) is 0 Å². The highest BCUT2D eigenvalue weighted by Crippen LogP contribution is 2.14. The van der Waals surface area contributed by atoms with Crippen LogP contribution in [0.1, 0.15) is 19.8 Å². The number of nitrogens with zero attached hydrogens (tertiary/aromatic N) is 1. The van der Waals surface area contributed by atoms with Crippen molar-refractivity contribution in [2.45, 2.75) is 19.8 Å². The molecule has 2 N–H and O–H groups in total. The van der Waals surface area contributed by atoms with Crippen molar-refractivity contribution in [3.05, 3.63) is 30.1 Å². The van der Waals surface area contributed by atoms with Crippen molar-refractivity contribution in [1.82, 2.24) is 5.32 Å². The summed E-state index contributed by atoms with van der Waals surface area (Å²) in [6, 6.07) is 5.31. The third-order valence-electron chi connectivity index (χ3n) is 3.08. The lowest BCUT2D eigenvalue weighted by Crippen LogP contribution is -2.40. The first-order chi connectivity index (χ1) is 9.43. The third kappa shape index (κ3) is 4.87. The first kappa shape index (κ1) is 15.9. The number of benzene rings is 1. The number of carboxylic acid groups (broad SMARTS) is 1. The molecule has 6 heteroatoms. The minimum Gasteiger partial charge on any atom is -0.481 e. The summed E-state index contributed by atoms with van der Waals surface area (Å²) in [5.74, 6) is -1.42. The van der Waals surface area contributed by atoms with Gasteiger partial charge in [-0.1, -0.05) is 19.4 Å². The fourth-order valence-corrected chi connectivity index (χ4v) is 1.76. The molecule has 20 heavy (non-hydrogen) atoms. The van der Waals surface area contributed by atoms with Gasteiger partial charge in [-0.05, 0) is 24.1 Å². The molecule has 0 aromatic heterocycles. The fraction of sp³-hybridized carbons (Fsp3) is 0.429. The van der Waals surface area contributed by atoms with Gasteiger partial charge in [-0.15, -0.1) is 0 Å². The van der Waals surface area contributed by atoms with Gasteiger partial charge in [0.15, 0.2) is 0 Å². The van der Waals surface area contributed by atoms with Crippen molar-refractivity contribution < 1.29 is 19.1 Å². The number of carbonyl (C=O) groups excluding carboxylic acids is 1. The van der Waals surface area contributed by atoms with Crippen LogP contribution in [-0.2, 0) is 4.79 Å². The van der Waals surface area contributed by atoms with Gasteiger partial charge in [0, 0.05) is 25.7 Å². The lowest BCUT2D eigenvalue weighted by atomic mass is 10.0. The van der Waals surface area contributed by atoms with E-state index in [0.717, 1.165) is 0 Å². The molecule has 1 unspecified atom stereocenters. The topological polar surface area (TPSA) is 69.6 Å². The second kappa shape index (κ2) is 7.47. The van der Waals surface area contributed by atoms with Gasteiger partial charge in [0.2, 0.25) is 0 Å². The average molecular weight is 282 g/mol. The van der Waals surface area contributed by atoms with Crippen molar-refractivity contribution in [3.8, 4) is 0 Å². The standard InChI is InChI=1S/C14H19FN2O3/c1-3-10(7-13(18)19)9-16-14(20)17(2)12-6-4-5-11(15)8-12/h4-6,8,10H,3,7,9H2,1-2H3,(H,16,20)(H,18,19). The zero-order chi connectivity index (χ0) is 15.1. The minimum atomic E-state index is -0.885. The maximum atomic E-state index is 13.1. The molecule has 0 saturated carbocycles. The van der Waals surface area contributed by atoms with Crippen LogP contribution < -0.4 is 10.2 Å². The maximum absolute atomic E-state index is 13.1. The van der Waals surface area contributed by atoms with E-state index in [1.54, 1.807) is 6.07 Å². The highest BCUT2D eigenvalue weighted by atomic mass is 19.1. The number of urea groups is 1. The molecular weight excluding hydrogens is 263 g/mol. The van der Waals surface area contributed by atoms with Crippen LogP contribution in [0, 0.1) is 11.7 Å². The Morgan fingerprint density at radius 2 is 2.15 bits per heavy atom. The lowest BCUT2D eigenvalue weighted by Gasteiger charge is -2.20. The number of hydrogen-bond donors (Lipinski definition) is 2. The number of anilines is 1. The maximum Gasteiger partial charge on any atom is 0.321 e. The van der Waals surface area contributed by atoms with Crippen molar-refractivity contribution in [3.63, 3.8) is 0 Å². The smallest absolute Gasteiger partial charge is 0.321 e. The number of rotatable bonds is 6. The molecule has 0 aliphatic heterocycles. The number of hydrogen-bond acceptors (Lipinski definition) is 2. The molecule has 110 valence electrons. The van der Waals surface area contributed by atoms with E-state index in [2.05, 4.69) is 5.32 Å². The molecule has 2 amide bonds. The highest BCUT2D eigenvalue weighted by Gasteiger charge is 2.15. The Labute approximate surface area is 117 Å². The van der Waals surface area contributed by atoms with Gasteiger partial charge in [0.25, 0.3) is 0 Å². The molecular formula is C14H19FN2O3. The van der Waals surface area contributed by atoms with Gasteiger partial charge >= 0.3 is 12.0 Å². The minimum absolute atomic E-state index is 0.0143. The van der Waals surface area contributed by atoms with Crippen LogP contribution in [0.4, 0.5) is 14.9 Å². The van der Waals surface area contributed by atoms with E-state index in [0.29, 0.717) is 12.1 Å². The predicted molar refractivity (Wildman–Crippen MR) is 74.2 cm³/mol. The monoisotopic (exact) mass is 282 g/mol. The van der Waals surface area contributed by atoms with E-state index in [1.165, 1.54) is 30.1 Å². The normalized spacial score (nSPS) is 11.8. The zero-order valence-corrected chi connectivity index (χ0v) is 11.6. The van der Waals surface area contributed by atoms with Crippen LogP contribution in [0.3, 0.4) is 0 Å². The van der Waals surface area contributed by atoms with E-state index < -0.39 is 11.8 Å². The van der Waals surface area contributed by atoms with E-state index in [9.17, 15) is 14.0 Å². The van der Waals surface area contributed by atoms with Crippen LogP contribution in [0.2, 0.25) is 0 Å². The molecule has 0 saturated heterocycles. The third-order valence-corrected chi connectivity index (χ3v) is 3.08. The Morgan fingerprint density at radius 3 is 2.70 bits per heavy atom. The molecule has 1 aromatic rings. The van der Waals surface area contributed by atoms with Crippen molar-refractivity contribution in [2.75, 3.05) is 18.5 Å². The summed E-state index contributed by atoms with van der Waals surface area (Å²) in [7, 11) is 1.53. The summed E-state index contributed by atoms with van der Waals surface area (Å²) in [5.41, 5.74) is 0.439. The van der Waals surface area contributed by atoms with Crippen LogP contribution in [0.25, 0.3) is 0 Å². The summed E-state index contributed by atoms with van der Waals surface area (Å²) in [6.07, 6.45) is 0.677. The molecule has 0 aliphatic carbocycles. The Morgan fingerprint density at radius 1 is 1.45 bits per heavy atom. The molecule has 0 heterocycles. The summed E-state index contributed by atoms with van der Waals surface area (Å²) in [6.45, 7) is 2.15. The van der Waals surface area contributed by atoms with Gasteiger partial charge < -0.3 is 10.4 Å². The largest absolute Gasteiger partial charge is 0.481 e. The SMILES string of the molecule is CCC(CNC(=O)N(C)c1cccc(F)c1)CC(=O)O. The highest BCUT2D eigenvalue weighted by molar-refractivity contribution is 5.91. The number of nitrogens with one attached hydrogen (secondary N) is 1. The van der Waals surface area contributed by atoms with Crippen LogP contribution >= 0.6 is 0 Å². The van der Waals surface area contributed by atoms with Crippen LogP contribution in [-0.4, -0.2) is 30.7 Å². The second-order valence-corrected chi connectivity index (χ2v) is 4.60. The molecule has 0 bridgehead atoms. The molecule has 0 fully saturated rings. The molecule has 0 spiro atoms. The Bertz CT molecular complexity index is 479. The fourth-order valence-electron chi connectivity index (χ4n) is 1.76. The van der Waals surface area contributed by atoms with Gasteiger partial charge in [0.05, 0.1) is 0 Å². The summed E-state index contributed by atoms with van der Waals surface area (Å²) >= 11 is 0. The number of halogens is 1. The van der Waals surface area contributed by atoms with E-state index in [-0.39, 0.29) is 24.9 Å². The van der Waals surface area contributed by atoms with Crippen molar-refractivity contribution >= 4 is 17.7 Å². The van der Waals surface area contributed by atoms with E-state index in [1.807, 2.05) is 6.92 Å². The number of aliphatic carboxylic acids is 1. The first-order valence-corrected chi connectivity index (χ1v) is 6.43. The molecule has 0 aliphatic rings. The summed E-state index contributed by atoms with van der Waals surface area (Å²) < 4.78 is 13.1. The Kier molecular flexibility index (Phi) is 5.96.